The van der Waals surface area contributed by atoms with Crippen molar-refractivity contribution in [1.82, 2.24) is 19.2 Å². The first kappa shape index (κ1) is 23.4. The predicted molar refractivity (Wildman–Crippen MR) is 130 cm³/mol. The molecule has 0 saturated carbocycles. The highest BCUT2D eigenvalue weighted by atomic mass is 32.2. The lowest BCUT2D eigenvalue weighted by Gasteiger charge is -2.25. The van der Waals surface area contributed by atoms with E-state index in [2.05, 4.69) is 29.4 Å². The third-order valence-electron chi connectivity index (χ3n) is 6.45. The number of piperidine rings is 1. The third kappa shape index (κ3) is 5.28. The van der Waals surface area contributed by atoms with Gasteiger partial charge >= 0.3 is 0 Å². The standard InChI is InChI=1S/C25H32N4O3S/c1-19(20-9-5-3-6-10-20)18-26-25(30)14-13-24-27-22-17-21(11-12-23(22)28(24)2)33(31,32)29-15-7-4-8-16-29/h3,5-6,9-12,17,19H,4,7-8,13-16,18H2,1-2H3,(H,26,30). The summed E-state index contributed by atoms with van der Waals surface area (Å²) in [6, 6.07) is 15.2. The van der Waals surface area contributed by atoms with Crippen LogP contribution in [0.25, 0.3) is 11.0 Å². The fourth-order valence-corrected chi connectivity index (χ4v) is 5.89. The molecule has 1 aliphatic heterocycles. The molecule has 1 aromatic heterocycles. The molecule has 8 heteroatoms. The number of nitrogens with one attached hydrogen (secondary N) is 1. The molecular weight excluding hydrogens is 436 g/mol. The minimum atomic E-state index is -3.50. The number of aryl methyl sites for hydroxylation is 2. The molecule has 176 valence electrons. The molecule has 0 radical (unpaired) electrons. The number of rotatable bonds is 8. The van der Waals surface area contributed by atoms with Gasteiger partial charge < -0.3 is 9.88 Å². The van der Waals surface area contributed by atoms with Gasteiger partial charge in [0.1, 0.15) is 5.82 Å². The first-order valence-corrected chi connectivity index (χ1v) is 13.1. The maximum Gasteiger partial charge on any atom is 0.243 e. The van der Waals surface area contributed by atoms with E-state index in [0.29, 0.717) is 38.0 Å². The summed E-state index contributed by atoms with van der Waals surface area (Å²) < 4.78 is 29.5. The van der Waals surface area contributed by atoms with Gasteiger partial charge in [-0.25, -0.2) is 13.4 Å². The van der Waals surface area contributed by atoms with E-state index in [1.165, 1.54) is 5.56 Å². The van der Waals surface area contributed by atoms with Crippen LogP contribution in [0.4, 0.5) is 0 Å². The average Bonchev–Trinajstić information content (AvgIpc) is 3.17. The number of imidazole rings is 1. The zero-order chi connectivity index (χ0) is 23.4. The van der Waals surface area contributed by atoms with Gasteiger partial charge in [0.15, 0.2) is 0 Å². The van der Waals surface area contributed by atoms with Crippen molar-refractivity contribution in [2.24, 2.45) is 7.05 Å². The summed E-state index contributed by atoms with van der Waals surface area (Å²) in [5.41, 5.74) is 2.70. The molecule has 7 nitrogen and oxygen atoms in total. The number of carbonyl (C=O) groups excluding carboxylic acids is 1. The highest BCUT2D eigenvalue weighted by Crippen LogP contribution is 2.25. The Kier molecular flexibility index (Phi) is 7.14. The molecule has 0 aliphatic carbocycles. The number of amides is 1. The Morgan fingerprint density at radius 1 is 1.09 bits per heavy atom. The van der Waals surface area contributed by atoms with Gasteiger partial charge in [-0.2, -0.15) is 4.31 Å². The second-order valence-corrected chi connectivity index (χ2v) is 10.8. The number of hydrogen-bond acceptors (Lipinski definition) is 4. The van der Waals surface area contributed by atoms with E-state index in [4.69, 9.17) is 0 Å². The third-order valence-corrected chi connectivity index (χ3v) is 8.34. The molecule has 1 N–H and O–H groups in total. The molecule has 1 saturated heterocycles. The Morgan fingerprint density at radius 3 is 2.55 bits per heavy atom. The second kappa shape index (κ2) is 10.1. The Bertz CT molecular complexity index is 1220. The van der Waals surface area contributed by atoms with Crippen molar-refractivity contribution in [1.29, 1.82) is 0 Å². The molecule has 1 unspecified atom stereocenters. The fourth-order valence-electron chi connectivity index (χ4n) is 4.35. The Labute approximate surface area is 195 Å². The molecule has 1 atom stereocenters. The summed E-state index contributed by atoms with van der Waals surface area (Å²) in [6.07, 6.45) is 3.71. The van der Waals surface area contributed by atoms with Crippen molar-refractivity contribution in [3.63, 3.8) is 0 Å². The zero-order valence-corrected chi connectivity index (χ0v) is 20.1. The summed E-state index contributed by atoms with van der Waals surface area (Å²) in [6.45, 7) is 3.83. The van der Waals surface area contributed by atoms with E-state index in [-0.39, 0.29) is 16.7 Å². The average molecular weight is 469 g/mol. The highest BCUT2D eigenvalue weighted by molar-refractivity contribution is 7.89. The summed E-state index contributed by atoms with van der Waals surface area (Å²) in [5.74, 6) is 0.994. The van der Waals surface area contributed by atoms with Crippen LogP contribution < -0.4 is 5.32 Å². The van der Waals surface area contributed by atoms with Crippen LogP contribution in [0.1, 0.15) is 49.9 Å². The molecule has 1 amide bonds. The quantitative estimate of drug-likeness (QED) is 0.547. The molecule has 2 aromatic carbocycles. The lowest BCUT2D eigenvalue weighted by Crippen LogP contribution is -2.35. The van der Waals surface area contributed by atoms with Crippen molar-refractivity contribution < 1.29 is 13.2 Å². The van der Waals surface area contributed by atoms with Gasteiger partial charge in [0.05, 0.1) is 15.9 Å². The SMILES string of the molecule is CC(CNC(=O)CCc1nc2cc(S(=O)(=O)N3CCCCC3)ccc2n1C)c1ccccc1. The van der Waals surface area contributed by atoms with Crippen LogP contribution >= 0.6 is 0 Å². The summed E-state index contributed by atoms with van der Waals surface area (Å²) >= 11 is 0. The first-order chi connectivity index (χ1) is 15.9. The van der Waals surface area contributed by atoms with Gasteiger partial charge in [-0.3, -0.25) is 4.79 Å². The van der Waals surface area contributed by atoms with Gasteiger partial charge in [-0.1, -0.05) is 43.7 Å². The second-order valence-electron chi connectivity index (χ2n) is 8.82. The Balaban J connectivity index is 1.40. The topological polar surface area (TPSA) is 84.3 Å². The van der Waals surface area contributed by atoms with Gasteiger partial charge in [0, 0.05) is 39.5 Å². The van der Waals surface area contributed by atoms with Gasteiger partial charge in [-0.15, -0.1) is 0 Å². The zero-order valence-electron chi connectivity index (χ0n) is 19.3. The Hall–Kier alpha value is -2.71. The first-order valence-electron chi connectivity index (χ1n) is 11.6. The minimum absolute atomic E-state index is 0.0156. The van der Waals surface area contributed by atoms with Crippen LogP contribution in [-0.4, -0.2) is 47.8 Å². The number of fused-ring (bicyclic) bond motifs is 1. The van der Waals surface area contributed by atoms with E-state index in [1.54, 1.807) is 16.4 Å². The predicted octanol–water partition coefficient (Wildman–Crippen LogP) is 3.60. The lowest BCUT2D eigenvalue weighted by molar-refractivity contribution is -0.121. The van der Waals surface area contributed by atoms with Gasteiger partial charge in [-0.05, 0) is 42.5 Å². The number of hydrogen-bond donors (Lipinski definition) is 1. The molecule has 0 spiro atoms. The smallest absolute Gasteiger partial charge is 0.243 e. The monoisotopic (exact) mass is 468 g/mol. The fraction of sp³-hybridized carbons (Fsp3) is 0.440. The van der Waals surface area contributed by atoms with Crippen molar-refractivity contribution in [2.75, 3.05) is 19.6 Å². The van der Waals surface area contributed by atoms with E-state index in [9.17, 15) is 13.2 Å². The van der Waals surface area contributed by atoms with Crippen LogP contribution in [0.2, 0.25) is 0 Å². The van der Waals surface area contributed by atoms with Crippen LogP contribution in [0.3, 0.4) is 0 Å². The molecular formula is C25H32N4O3S. The van der Waals surface area contributed by atoms with E-state index < -0.39 is 10.0 Å². The molecule has 3 aromatic rings. The van der Waals surface area contributed by atoms with E-state index in [1.807, 2.05) is 35.9 Å². The molecule has 2 heterocycles. The molecule has 1 fully saturated rings. The van der Waals surface area contributed by atoms with Crippen LogP contribution in [-0.2, 0) is 28.3 Å². The van der Waals surface area contributed by atoms with Gasteiger partial charge in [0.25, 0.3) is 0 Å². The molecule has 4 rings (SSSR count). The number of aromatic nitrogens is 2. The van der Waals surface area contributed by atoms with Crippen molar-refractivity contribution in [3.8, 4) is 0 Å². The largest absolute Gasteiger partial charge is 0.355 e. The minimum Gasteiger partial charge on any atom is -0.355 e. The number of sulfonamides is 1. The highest BCUT2D eigenvalue weighted by Gasteiger charge is 2.26. The number of carbonyl (C=O) groups is 1. The van der Waals surface area contributed by atoms with Crippen LogP contribution in [0.5, 0.6) is 0 Å². The maximum atomic E-state index is 13.0. The molecule has 0 bridgehead atoms. The van der Waals surface area contributed by atoms with E-state index >= 15 is 0 Å². The molecule has 33 heavy (non-hydrogen) atoms. The Morgan fingerprint density at radius 2 is 1.82 bits per heavy atom. The van der Waals surface area contributed by atoms with Crippen molar-refractivity contribution in [3.05, 3.63) is 59.9 Å². The van der Waals surface area contributed by atoms with Crippen molar-refractivity contribution in [2.45, 2.75) is 49.8 Å². The number of nitrogens with zero attached hydrogens (tertiary/aromatic N) is 3. The summed E-state index contributed by atoms with van der Waals surface area (Å²) in [4.78, 5) is 17.3. The van der Waals surface area contributed by atoms with E-state index in [0.717, 1.165) is 30.6 Å². The molecule has 1 aliphatic rings. The van der Waals surface area contributed by atoms with Crippen LogP contribution in [0, 0.1) is 0 Å². The van der Waals surface area contributed by atoms with Crippen molar-refractivity contribution >= 4 is 27.0 Å². The normalized spacial score (nSPS) is 16.1. The van der Waals surface area contributed by atoms with Crippen LogP contribution in [0.15, 0.2) is 53.4 Å². The maximum absolute atomic E-state index is 13.0. The summed E-state index contributed by atoms with van der Waals surface area (Å²) in [7, 11) is -1.60. The summed E-state index contributed by atoms with van der Waals surface area (Å²) in [5, 5.41) is 3.01. The lowest BCUT2D eigenvalue weighted by atomic mass is 10.0. The number of benzene rings is 2. The van der Waals surface area contributed by atoms with Gasteiger partial charge in [0.2, 0.25) is 15.9 Å².